The molecule has 3 atom stereocenters. The zero-order valence-electron chi connectivity index (χ0n) is 15.5. The number of hydrogen-bond donors (Lipinski definition) is 1. The first-order valence-corrected chi connectivity index (χ1v) is 9.37. The van der Waals surface area contributed by atoms with Gasteiger partial charge in [0.15, 0.2) is 5.60 Å². The number of rotatable bonds is 4. The van der Waals surface area contributed by atoms with Crippen LogP contribution in [0.4, 0.5) is 5.69 Å². The average Bonchev–Trinajstić information content (AvgIpc) is 3.37. The standard InChI is InChI=1S/C23H20N2O3/c1-27-22-20-19(21(24)26)17-12-13-23(20,28-17)18(14-15-8-4-2-5-9-15)25(22)16-10-6-3-7-11-16/h2-13,17-18H,14H2,1H3,(H-,24,26)/p+1. The Kier molecular flexibility index (Phi) is 3.74. The topological polar surface area (TPSA) is 64.6 Å². The molecule has 0 fully saturated rings. The van der Waals surface area contributed by atoms with Gasteiger partial charge in [-0.15, -0.1) is 0 Å². The van der Waals surface area contributed by atoms with Gasteiger partial charge in [-0.05, 0) is 11.6 Å². The highest BCUT2D eigenvalue weighted by molar-refractivity contribution is 6.08. The van der Waals surface area contributed by atoms with Crippen LogP contribution in [0.1, 0.15) is 5.56 Å². The van der Waals surface area contributed by atoms with Crippen molar-refractivity contribution in [2.75, 3.05) is 7.11 Å². The van der Waals surface area contributed by atoms with Gasteiger partial charge in [-0.2, -0.15) is 4.58 Å². The molecule has 5 nitrogen and oxygen atoms in total. The van der Waals surface area contributed by atoms with E-state index in [1.807, 2.05) is 54.6 Å². The molecule has 2 aromatic carbocycles. The van der Waals surface area contributed by atoms with Crippen LogP contribution in [0.15, 0.2) is 84.0 Å². The number of benzene rings is 2. The molecule has 3 heterocycles. The lowest BCUT2D eigenvalue weighted by Gasteiger charge is -2.24. The summed E-state index contributed by atoms with van der Waals surface area (Å²) in [6.07, 6.45) is 4.32. The predicted molar refractivity (Wildman–Crippen MR) is 105 cm³/mol. The van der Waals surface area contributed by atoms with E-state index < -0.39 is 17.6 Å². The second-order valence-corrected chi connectivity index (χ2v) is 7.26. The van der Waals surface area contributed by atoms with Crippen molar-refractivity contribution in [3.8, 4) is 0 Å². The number of fused-ring (bicyclic) bond motifs is 1. The first-order valence-electron chi connectivity index (χ1n) is 9.37. The molecule has 2 aromatic rings. The Balaban J connectivity index is 1.75. The highest BCUT2D eigenvalue weighted by Gasteiger charge is 2.67. The molecule has 2 bridgehead atoms. The largest absolute Gasteiger partial charge is 0.447 e. The van der Waals surface area contributed by atoms with Crippen LogP contribution in [0, 0.1) is 0 Å². The molecule has 140 valence electrons. The fraction of sp³-hybridized carbons (Fsp3) is 0.217. The quantitative estimate of drug-likeness (QED) is 0.662. The van der Waals surface area contributed by atoms with E-state index in [1.54, 1.807) is 7.11 Å². The van der Waals surface area contributed by atoms with Crippen molar-refractivity contribution in [2.24, 2.45) is 5.73 Å². The Morgan fingerprint density at radius 3 is 2.46 bits per heavy atom. The van der Waals surface area contributed by atoms with Crippen LogP contribution in [0.25, 0.3) is 0 Å². The van der Waals surface area contributed by atoms with Gasteiger partial charge in [0.05, 0.1) is 12.7 Å². The van der Waals surface area contributed by atoms with E-state index in [-0.39, 0.29) is 6.04 Å². The van der Waals surface area contributed by atoms with Crippen molar-refractivity contribution in [1.29, 1.82) is 0 Å². The minimum Gasteiger partial charge on any atom is -0.447 e. The van der Waals surface area contributed by atoms with Crippen molar-refractivity contribution < 1.29 is 18.8 Å². The third-order valence-corrected chi connectivity index (χ3v) is 5.79. The first kappa shape index (κ1) is 17.0. The van der Waals surface area contributed by atoms with E-state index in [2.05, 4.69) is 22.8 Å². The second-order valence-electron chi connectivity index (χ2n) is 7.26. The van der Waals surface area contributed by atoms with Gasteiger partial charge < -0.3 is 15.2 Å². The fourth-order valence-corrected chi connectivity index (χ4v) is 4.69. The molecular formula is C23H21N2O3+. The summed E-state index contributed by atoms with van der Waals surface area (Å²) >= 11 is 0. The molecule has 1 spiro atoms. The van der Waals surface area contributed by atoms with E-state index in [9.17, 15) is 4.79 Å². The Hall–Kier alpha value is -3.18. The first-order chi connectivity index (χ1) is 13.7. The summed E-state index contributed by atoms with van der Waals surface area (Å²) in [6, 6.07) is 20.2. The maximum Gasteiger partial charge on any atom is 0.375 e. The van der Waals surface area contributed by atoms with Crippen LogP contribution in [0.5, 0.6) is 0 Å². The molecule has 0 saturated carbocycles. The highest BCUT2D eigenvalue weighted by Crippen LogP contribution is 2.51. The monoisotopic (exact) mass is 373 g/mol. The lowest BCUT2D eigenvalue weighted by molar-refractivity contribution is -0.499. The Labute approximate surface area is 163 Å². The molecule has 5 heteroatoms. The number of nitrogens with two attached hydrogens (primary N) is 1. The van der Waals surface area contributed by atoms with Gasteiger partial charge in [-0.1, -0.05) is 54.6 Å². The average molecular weight is 373 g/mol. The summed E-state index contributed by atoms with van der Waals surface area (Å²) in [5.41, 5.74) is 8.43. The van der Waals surface area contributed by atoms with Crippen LogP contribution >= 0.6 is 0 Å². The zero-order valence-corrected chi connectivity index (χ0v) is 15.5. The number of primary amides is 1. The van der Waals surface area contributed by atoms with Crippen molar-refractivity contribution >= 4 is 17.5 Å². The van der Waals surface area contributed by atoms with Crippen molar-refractivity contribution in [2.45, 2.75) is 24.2 Å². The lowest BCUT2D eigenvalue weighted by atomic mass is 9.81. The summed E-state index contributed by atoms with van der Waals surface area (Å²) in [6.45, 7) is 0. The van der Waals surface area contributed by atoms with Crippen LogP contribution in [0.2, 0.25) is 0 Å². The number of para-hydroxylation sites is 1. The lowest BCUT2D eigenvalue weighted by Crippen LogP contribution is -2.43. The van der Waals surface area contributed by atoms with Gasteiger partial charge in [0.2, 0.25) is 17.6 Å². The van der Waals surface area contributed by atoms with Gasteiger partial charge in [0, 0.05) is 18.6 Å². The summed E-state index contributed by atoms with van der Waals surface area (Å²) in [5, 5.41) is 0. The van der Waals surface area contributed by atoms with Crippen LogP contribution in [0.3, 0.4) is 0 Å². The minimum atomic E-state index is -0.744. The summed E-state index contributed by atoms with van der Waals surface area (Å²) in [5.74, 6) is 0.168. The van der Waals surface area contributed by atoms with Crippen molar-refractivity contribution in [3.05, 3.63) is 89.5 Å². The smallest absolute Gasteiger partial charge is 0.375 e. The molecule has 0 aliphatic carbocycles. The maximum atomic E-state index is 12.3. The summed E-state index contributed by atoms with van der Waals surface area (Å²) in [7, 11) is 1.63. The number of methoxy groups -OCH3 is 1. The van der Waals surface area contributed by atoms with Gasteiger partial charge in [-0.3, -0.25) is 4.79 Å². The van der Waals surface area contributed by atoms with Crippen LogP contribution < -0.4 is 5.73 Å². The van der Waals surface area contributed by atoms with E-state index in [0.717, 1.165) is 17.7 Å². The normalized spacial score (nSPS) is 27.5. The molecule has 2 N–H and O–H groups in total. The number of ether oxygens (including phenoxy) is 2. The maximum absolute atomic E-state index is 12.3. The molecule has 5 rings (SSSR count). The predicted octanol–water partition coefficient (Wildman–Crippen LogP) is 2.49. The molecule has 0 saturated heterocycles. The van der Waals surface area contributed by atoms with Gasteiger partial charge in [0.25, 0.3) is 0 Å². The zero-order chi connectivity index (χ0) is 19.3. The summed E-state index contributed by atoms with van der Waals surface area (Å²) < 4.78 is 14.4. The van der Waals surface area contributed by atoms with E-state index >= 15 is 0 Å². The molecule has 1 amide bonds. The molecule has 28 heavy (non-hydrogen) atoms. The molecule has 3 unspecified atom stereocenters. The highest BCUT2D eigenvalue weighted by atomic mass is 16.5. The molecule has 0 aromatic heterocycles. The van der Waals surface area contributed by atoms with Crippen molar-refractivity contribution in [3.63, 3.8) is 0 Å². The Morgan fingerprint density at radius 2 is 1.82 bits per heavy atom. The van der Waals surface area contributed by atoms with Crippen molar-refractivity contribution in [1.82, 2.24) is 0 Å². The number of carbonyl (C=O) groups is 1. The molecule has 3 aliphatic heterocycles. The van der Waals surface area contributed by atoms with Crippen LogP contribution in [-0.4, -0.2) is 41.2 Å². The van der Waals surface area contributed by atoms with Crippen LogP contribution in [-0.2, 0) is 20.7 Å². The van der Waals surface area contributed by atoms with Gasteiger partial charge in [0.1, 0.15) is 11.7 Å². The summed E-state index contributed by atoms with van der Waals surface area (Å²) in [4.78, 5) is 12.3. The Morgan fingerprint density at radius 1 is 1.14 bits per heavy atom. The SMILES string of the molecule is COC1=[N+](c2ccccc2)C(Cc2ccccc2)C23C=CC(O2)C(C(N)=O)=C13. The number of carbonyl (C=O) groups excluding carboxylic acids is 1. The van der Waals surface area contributed by atoms with E-state index in [4.69, 9.17) is 15.2 Å². The molecular weight excluding hydrogens is 352 g/mol. The molecule has 0 radical (unpaired) electrons. The Bertz CT molecular complexity index is 1040. The number of hydrogen-bond acceptors (Lipinski definition) is 3. The number of amides is 1. The van der Waals surface area contributed by atoms with Gasteiger partial charge in [-0.25, -0.2) is 0 Å². The second kappa shape index (κ2) is 6.17. The number of nitrogens with zero attached hydrogens (tertiary/aromatic N) is 1. The third kappa shape index (κ3) is 2.23. The minimum absolute atomic E-state index is 0.0969. The molecule has 3 aliphatic rings. The van der Waals surface area contributed by atoms with Gasteiger partial charge >= 0.3 is 5.90 Å². The fourth-order valence-electron chi connectivity index (χ4n) is 4.69. The van der Waals surface area contributed by atoms with E-state index in [1.165, 1.54) is 5.56 Å². The van der Waals surface area contributed by atoms with E-state index in [0.29, 0.717) is 11.5 Å². The third-order valence-electron chi connectivity index (χ3n) is 5.79.